The van der Waals surface area contributed by atoms with Crippen molar-refractivity contribution in [3.8, 4) is 33.7 Å². The molecular weight excluding hydrogens is 721 g/mol. The highest BCUT2D eigenvalue weighted by molar-refractivity contribution is 5.98. The van der Waals surface area contributed by atoms with E-state index in [0.717, 1.165) is 67.0 Å². The van der Waals surface area contributed by atoms with Gasteiger partial charge in [0.1, 0.15) is 16.9 Å². The van der Waals surface area contributed by atoms with Gasteiger partial charge in [-0.1, -0.05) is 150 Å². The van der Waals surface area contributed by atoms with E-state index in [9.17, 15) is 0 Å². The standard InChI is InChI=1S/C55H44N2O2/c1-7-44-51(42-19-12-14-22-46(42)54(44,3)4)33(2)57(36-25-27-40-39-18-11-13-21-45(39)55(5,6)47(40)31-36)37-26-28-41-43-30-35(24-29-49(43)58-50(41)32-37)38-20-15-23-48-52(38)59-53(56-48)34-16-9-8-10-17-34/h7-31,37H,1-2,32H2,3-6H3. The molecule has 1 atom stereocenters. The van der Waals surface area contributed by atoms with Gasteiger partial charge in [0.15, 0.2) is 5.58 Å². The molecule has 0 saturated heterocycles. The highest BCUT2D eigenvalue weighted by Crippen LogP contribution is 2.53. The summed E-state index contributed by atoms with van der Waals surface area (Å²) in [6, 6.07) is 47.2. The van der Waals surface area contributed by atoms with E-state index >= 15 is 0 Å². The van der Waals surface area contributed by atoms with Gasteiger partial charge in [0.2, 0.25) is 5.89 Å². The Kier molecular flexibility index (Phi) is 7.65. The highest BCUT2D eigenvalue weighted by atomic mass is 16.3. The van der Waals surface area contributed by atoms with Crippen molar-refractivity contribution in [3.63, 3.8) is 0 Å². The number of anilines is 1. The van der Waals surface area contributed by atoms with E-state index in [-0.39, 0.29) is 16.9 Å². The van der Waals surface area contributed by atoms with E-state index in [1.165, 1.54) is 39.0 Å². The average molecular weight is 765 g/mol. The summed E-state index contributed by atoms with van der Waals surface area (Å²) in [6.07, 6.45) is 7.31. The number of allylic oxidation sites excluding steroid dienone is 3. The van der Waals surface area contributed by atoms with Crippen LogP contribution in [0, 0.1) is 0 Å². The first-order valence-electron chi connectivity index (χ1n) is 20.5. The highest BCUT2D eigenvalue weighted by Gasteiger charge is 2.41. The van der Waals surface area contributed by atoms with E-state index in [4.69, 9.17) is 20.4 Å². The molecule has 0 fully saturated rings. The number of oxazole rings is 1. The number of rotatable bonds is 7. The van der Waals surface area contributed by atoms with E-state index in [1.54, 1.807) is 0 Å². The molecule has 3 aliphatic rings. The Bertz CT molecular complexity index is 3130. The number of furan rings is 1. The molecule has 0 saturated carbocycles. The first-order chi connectivity index (χ1) is 28.6. The second kappa shape index (κ2) is 12.8. The Morgan fingerprint density at radius 2 is 1.41 bits per heavy atom. The monoisotopic (exact) mass is 764 g/mol. The van der Waals surface area contributed by atoms with Gasteiger partial charge in [0, 0.05) is 56.3 Å². The second-order valence-corrected chi connectivity index (χ2v) is 17.2. The lowest BCUT2D eigenvalue weighted by Gasteiger charge is -2.36. The minimum absolute atomic E-state index is 0.0613. The molecule has 0 bridgehead atoms. The Balaban J connectivity index is 1.02. The predicted octanol–water partition coefficient (Wildman–Crippen LogP) is 14.1. The van der Waals surface area contributed by atoms with Crippen LogP contribution < -0.4 is 4.90 Å². The lowest BCUT2D eigenvalue weighted by molar-refractivity contribution is 0.527. The molecule has 0 aliphatic heterocycles. The number of para-hydroxylation sites is 1. The maximum absolute atomic E-state index is 6.76. The van der Waals surface area contributed by atoms with Gasteiger partial charge in [-0.25, -0.2) is 4.98 Å². The van der Waals surface area contributed by atoms with Crippen LogP contribution in [0.4, 0.5) is 5.69 Å². The van der Waals surface area contributed by atoms with Crippen molar-refractivity contribution in [2.75, 3.05) is 4.90 Å². The molecule has 0 spiro atoms. The van der Waals surface area contributed by atoms with Crippen molar-refractivity contribution >= 4 is 39.4 Å². The van der Waals surface area contributed by atoms with E-state index in [1.807, 2.05) is 48.5 Å². The van der Waals surface area contributed by atoms with E-state index < -0.39 is 0 Å². The number of aromatic nitrogens is 1. The molecule has 8 aromatic rings. The Morgan fingerprint density at radius 3 is 2.20 bits per heavy atom. The minimum atomic E-state index is -0.213. The van der Waals surface area contributed by atoms with Crippen LogP contribution in [0.3, 0.4) is 0 Å². The molecule has 2 heterocycles. The zero-order chi connectivity index (χ0) is 40.2. The lowest BCUT2D eigenvalue weighted by atomic mass is 9.81. The summed E-state index contributed by atoms with van der Waals surface area (Å²) in [6.45, 7) is 18.6. The summed E-state index contributed by atoms with van der Waals surface area (Å²) >= 11 is 0. The van der Waals surface area contributed by atoms with Crippen LogP contribution in [-0.4, -0.2) is 11.0 Å². The maximum atomic E-state index is 6.76. The van der Waals surface area contributed by atoms with Crippen molar-refractivity contribution < 1.29 is 8.83 Å². The number of fused-ring (bicyclic) bond motifs is 8. The molecule has 3 aliphatic carbocycles. The molecule has 4 nitrogen and oxygen atoms in total. The summed E-state index contributed by atoms with van der Waals surface area (Å²) in [4.78, 5) is 7.28. The summed E-state index contributed by atoms with van der Waals surface area (Å²) < 4.78 is 13.2. The zero-order valence-corrected chi connectivity index (χ0v) is 33.8. The number of nitrogens with zero attached hydrogens (tertiary/aromatic N) is 2. The SMILES string of the molecule is C=CC1=C(C(=C)N(c2ccc3c(c2)C(C)(C)c2ccccc2-3)C2C=Cc3c(oc4ccc(-c5cccc6nc(-c7ccccc7)oc56)cc34)C2)c2ccccc2C1(C)C. The van der Waals surface area contributed by atoms with Crippen LogP contribution in [0.2, 0.25) is 0 Å². The van der Waals surface area contributed by atoms with Gasteiger partial charge in [-0.05, 0) is 87.0 Å². The normalized spacial score (nSPS) is 16.8. The summed E-state index contributed by atoms with van der Waals surface area (Å²) in [5.74, 6) is 1.58. The summed E-state index contributed by atoms with van der Waals surface area (Å²) in [5, 5.41) is 1.08. The van der Waals surface area contributed by atoms with Gasteiger partial charge in [0.25, 0.3) is 0 Å². The van der Waals surface area contributed by atoms with Crippen LogP contribution in [-0.2, 0) is 17.3 Å². The summed E-state index contributed by atoms with van der Waals surface area (Å²) in [7, 11) is 0. The van der Waals surface area contributed by atoms with Crippen molar-refractivity contribution in [2.45, 2.75) is 51.0 Å². The molecule has 4 heteroatoms. The van der Waals surface area contributed by atoms with Gasteiger partial charge in [-0.2, -0.15) is 0 Å². The zero-order valence-electron chi connectivity index (χ0n) is 33.8. The Morgan fingerprint density at radius 1 is 0.695 bits per heavy atom. The number of hydrogen-bond donors (Lipinski definition) is 0. The largest absolute Gasteiger partial charge is 0.460 e. The first-order valence-corrected chi connectivity index (χ1v) is 20.5. The third-order valence-electron chi connectivity index (χ3n) is 13.2. The molecular formula is C55H44N2O2. The van der Waals surface area contributed by atoms with Crippen LogP contribution in [0.25, 0.3) is 67.4 Å². The Labute approximate surface area is 345 Å². The van der Waals surface area contributed by atoms with Gasteiger partial charge >= 0.3 is 0 Å². The molecule has 11 rings (SSSR count). The van der Waals surface area contributed by atoms with Gasteiger partial charge in [-0.3, -0.25) is 0 Å². The second-order valence-electron chi connectivity index (χ2n) is 17.2. The maximum Gasteiger partial charge on any atom is 0.227 e. The van der Waals surface area contributed by atoms with Crippen molar-refractivity contribution in [3.05, 3.63) is 204 Å². The minimum Gasteiger partial charge on any atom is -0.460 e. The van der Waals surface area contributed by atoms with Gasteiger partial charge in [-0.15, -0.1) is 0 Å². The molecule has 0 radical (unpaired) electrons. The average Bonchev–Trinajstić information content (AvgIpc) is 3.98. The number of hydrogen-bond acceptors (Lipinski definition) is 4. The van der Waals surface area contributed by atoms with Crippen LogP contribution >= 0.6 is 0 Å². The molecule has 2 aromatic heterocycles. The quantitative estimate of drug-likeness (QED) is 0.162. The molecule has 6 aromatic carbocycles. The van der Waals surface area contributed by atoms with Gasteiger partial charge in [0.05, 0.1) is 6.04 Å². The lowest BCUT2D eigenvalue weighted by Crippen LogP contribution is -2.36. The molecule has 0 N–H and O–H groups in total. The fourth-order valence-electron chi connectivity index (χ4n) is 10.2. The van der Waals surface area contributed by atoms with Crippen molar-refractivity contribution in [2.24, 2.45) is 0 Å². The third kappa shape index (κ3) is 5.19. The van der Waals surface area contributed by atoms with Crippen molar-refractivity contribution in [1.29, 1.82) is 0 Å². The smallest absolute Gasteiger partial charge is 0.227 e. The Hall–Kier alpha value is -6.91. The third-order valence-corrected chi connectivity index (χ3v) is 13.2. The van der Waals surface area contributed by atoms with Crippen LogP contribution in [0.1, 0.15) is 61.3 Å². The van der Waals surface area contributed by atoms with Gasteiger partial charge < -0.3 is 13.7 Å². The first kappa shape index (κ1) is 35.3. The summed E-state index contributed by atoms with van der Waals surface area (Å²) in [5.41, 5.74) is 18.5. The molecule has 0 amide bonds. The number of benzene rings is 6. The molecule has 1 unspecified atom stereocenters. The fourth-order valence-corrected chi connectivity index (χ4v) is 10.2. The fraction of sp³-hybridized carbons (Fsp3) is 0.145. The van der Waals surface area contributed by atoms with E-state index in [2.05, 4.69) is 142 Å². The van der Waals surface area contributed by atoms with Crippen LogP contribution in [0.15, 0.2) is 179 Å². The van der Waals surface area contributed by atoms with E-state index in [0.29, 0.717) is 12.3 Å². The molecule has 59 heavy (non-hydrogen) atoms. The predicted molar refractivity (Wildman–Crippen MR) is 243 cm³/mol. The molecule has 286 valence electrons. The van der Waals surface area contributed by atoms with Crippen LogP contribution in [0.5, 0.6) is 0 Å². The topological polar surface area (TPSA) is 42.4 Å². The van der Waals surface area contributed by atoms with Crippen molar-refractivity contribution in [1.82, 2.24) is 4.98 Å².